The van der Waals surface area contributed by atoms with E-state index >= 15 is 0 Å². The zero-order chi connectivity index (χ0) is 14.2. The maximum absolute atomic E-state index is 5.01. The molecule has 1 heterocycles. The SMILES string of the molecule is COCCNCc1ccc(N(C)Cc2cscn2)cc1. The second-order valence-electron chi connectivity index (χ2n) is 4.67. The zero-order valence-electron chi connectivity index (χ0n) is 12.0. The molecule has 2 aromatic rings. The third-order valence-corrected chi connectivity index (χ3v) is 3.71. The van der Waals surface area contributed by atoms with Gasteiger partial charge in [-0.25, -0.2) is 4.98 Å². The standard InChI is InChI=1S/C15H21N3OS/c1-18(10-14-11-20-12-17-14)15-5-3-13(4-6-15)9-16-7-8-19-2/h3-6,11-12,16H,7-10H2,1-2H3. The fourth-order valence-electron chi connectivity index (χ4n) is 1.93. The highest BCUT2D eigenvalue weighted by molar-refractivity contribution is 7.07. The number of rotatable bonds is 8. The van der Waals surface area contributed by atoms with E-state index in [4.69, 9.17) is 4.74 Å². The Morgan fingerprint density at radius 3 is 2.75 bits per heavy atom. The van der Waals surface area contributed by atoms with Gasteiger partial charge in [0.2, 0.25) is 0 Å². The molecule has 0 aliphatic heterocycles. The van der Waals surface area contributed by atoms with Gasteiger partial charge in [0.25, 0.3) is 0 Å². The van der Waals surface area contributed by atoms with Crippen molar-refractivity contribution in [3.63, 3.8) is 0 Å². The van der Waals surface area contributed by atoms with E-state index < -0.39 is 0 Å². The Labute approximate surface area is 124 Å². The van der Waals surface area contributed by atoms with Crippen LogP contribution in [-0.2, 0) is 17.8 Å². The predicted octanol–water partition coefficient (Wildman–Crippen LogP) is 2.52. The third kappa shape index (κ3) is 4.59. The van der Waals surface area contributed by atoms with E-state index in [9.17, 15) is 0 Å². The van der Waals surface area contributed by atoms with Gasteiger partial charge in [0.1, 0.15) is 0 Å². The normalized spacial score (nSPS) is 10.7. The van der Waals surface area contributed by atoms with E-state index in [2.05, 4.69) is 51.9 Å². The lowest BCUT2D eigenvalue weighted by Crippen LogP contribution is -2.19. The number of benzene rings is 1. The first-order valence-corrected chi connectivity index (χ1v) is 7.60. The van der Waals surface area contributed by atoms with Crippen LogP contribution in [0.3, 0.4) is 0 Å². The number of nitrogens with one attached hydrogen (secondary N) is 1. The Kier molecular flexibility index (Phi) is 5.98. The van der Waals surface area contributed by atoms with Crippen molar-refractivity contribution in [1.82, 2.24) is 10.3 Å². The first-order valence-electron chi connectivity index (χ1n) is 6.66. The Balaban J connectivity index is 1.84. The molecule has 20 heavy (non-hydrogen) atoms. The lowest BCUT2D eigenvalue weighted by Gasteiger charge is -2.18. The van der Waals surface area contributed by atoms with Crippen LogP contribution >= 0.6 is 11.3 Å². The lowest BCUT2D eigenvalue weighted by atomic mass is 10.2. The van der Waals surface area contributed by atoms with Crippen molar-refractivity contribution < 1.29 is 4.74 Å². The predicted molar refractivity (Wildman–Crippen MR) is 84.2 cm³/mol. The Morgan fingerprint density at radius 2 is 2.10 bits per heavy atom. The smallest absolute Gasteiger partial charge is 0.0795 e. The van der Waals surface area contributed by atoms with Crippen molar-refractivity contribution in [3.8, 4) is 0 Å². The molecule has 1 aromatic carbocycles. The van der Waals surface area contributed by atoms with E-state index in [1.54, 1.807) is 18.4 Å². The number of thiazole rings is 1. The van der Waals surface area contributed by atoms with Gasteiger partial charge in [-0.05, 0) is 17.7 Å². The molecule has 5 heteroatoms. The van der Waals surface area contributed by atoms with E-state index in [0.29, 0.717) is 0 Å². The van der Waals surface area contributed by atoms with E-state index in [-0.39, 0.29) is 0 Å². The largest absolute Gasteiger partial charge is 0.383 e. The summed E-state index contributed by atoms with van der Waals surface area (Å²) in [7, 11) is 3.81. The molecule has 0 saturated heterocycles. The van der Waals surface area contributed by atoms with Crippen molar-refractivity contribution >= 4 is 17.0 Å². The van der Waals surface area contributed by atoms with Gasteiger partial charge in [0.15, 0.2) is 0 Å². The number of hydrogen-bond acceptors (Lipinski definition) is 5. The summed E-state index contributed by atoms with van der Waals surface area (Å²) in [5.41, 5.74) is 5.48. The van der Waals surface area contributed by atoms with Gasteiger partial charge in [0.05, 0.1) is 24.4 Å². The minimum Gasteiger partial charge on any atom is -0.383 e. The molecular weight excluding hydrogens is 270 g/mol. The summed E-state index contributed by atoms with van der Waals surface area (Å²) in [5, 5.41) is 5.43. The van der Waals surface area contributed by atoms with E-state index in [0.717, 1.165) is 31.9 Å². The number of aromatic nitrogens is 1. The summed E-state index contributed by atoms with van der Waals surface area (Å²) in [6, 6.07) is 8.62. The maximum atomic E-state index is 5.01. The summed E-state index contributed by atoms with van der Waals surface area (Å²) in [6.07, 6.45) is 0. The number of ether oxygens (including phenoxy) is 1. The highest BCUT2D eigenvalue weighted by Crippen LogP contribution is 2.16. The van der Waals surface area contributed by atoms with Crippen LogP contribution in [0.1, 0.15) is 11.3 Å². The summed E-state index contributed by atoms with van der Waals surface area (Å²) in [6.45, 7) is 3.34. The zero-order valence-corrected chi connectivity index (χ0v) is 12.8. The molecule has 0 saturated carbocycles. The first kappa shape index (κ1) is 15.0. The molecule has 4 nitrogen and oxygen atoms in total. The fraction of sp³-hybridized carbons (Fsp3) is 0.400. The second kappa shape index (κ2) is 7.99. The summed E-state index contributed by atoms with van der Waals surface area (Å²) < 4.78 is 5.01. The molecule has 1 aromatic heterocycles. The summed E-state index contributed by atoms with van der Waals surface area (Å²) >= 11 is 1.64. The summed E-state index contributed by atoms with van der Waals surface area (Å²) in [4.78, 5) is 6.52. The van der Waals surface area contributed by atoms with Gasteiger partial charge in [-0.15, -0.1) is 11.3 Å². The topological polar surface area (TPSA) is 37.4 Å². The second-order valence-corrected chi connectivity index (χ2v) is 5.39. The average molecular weight is 291 g/mol. The van der Waals surface area contributed by atoms with Gasteiger partial charge in [-0.3, -0.25) is 0 Å². The molecule has 2 rings (SSSR count). The molecule has 0 atom stereocenters. The molecule has 0 fully saturated rings. The monoisotopic (exact) mass is 291 g/mol. The van der Waals surface area contributed by atoms with Gasteiger partial charge in [-0.2, -0.15) is 0 Å². The van der Waals surface area contributed by atoms with Crippen LogP contribution in [-0.4, -0.2) is 32.3 Å². The molecule has 0 bridgehead atoms. The molecule has 0 aliphatic rings. The number of hydrogen-bond donors (Lipinski definition) is 1. The average Bonchev–Trinajstić information content (AvgIpc) is 2.97. The Morgan fingerprint density at radius 1 is 1.30 bits per heavy atom. The third-order valence-electron chi connectivity index (χ3n) is 3.07. The van der Waals surface area contributed by atoms with Gasteiger partial charge >= 0.3 is 0 Å². The molecule has 0 aliphatic carbocycles. The van der Waals surface area contributed by atoms with E-state index in [1.807, 2.05) is 5.51 Å². The van der Waals surface area contributed by atoms with Crippen LogP contribution in [0.4, 0.5) is 5.69 Å². The van der Waals surface area contributed by atoms with Gasteiger partial charge in [-0.1, -0.05) is 12.1 Å². The molecule has 108 valence electrons. The summed E-state index contributed by atoms with van der Waals surface area (Å²) in [5.74, 6) is 0. The van der Waals surface area contributed by atoms with Gasteiger partial charge < -0.3 is 15.0 Å². The Hall–Kier alpha value is -1.43. The van der Waals surface area contributed by atoms with Crippen LogP contribution in [0.25, 0.3) is 0 Å². The minimum atomic E-state index is 0.745. The van der Waals surface area contributed by atoms with E-state index in [1.165, 1.54) is 11.3 Å². The molecule has 0 spiro atoms. The van der Waals surface area contributed by atoms with Crippen molar-refractivity contribution in [2.24, 2.45) is 0 Å². The maximum Gasteiger partial charge on any atom is 0.0795 e. The Bertz CT molecular complexity index is 484. The highest BCUT2D eigenvalue weighted by atomic mass is 32.1. The quantitative estimate of drug-likeness (QED) is 0.758. The number of anilines is 1. The fourth-order valence-corrected chi connectivity index (χ4v) is 2.47. The lowest BCUT2D eigenvalue weighted by molar-refractivity contribution is 0.199. The van der Waals surface area contributed by atoms with Crippen molar-refractivity contribution in [3.05, 3.63) is 46.4 Å². The van der Waals surface area contributed by atoms with Crippen LogP contribution < -0.4 is 10.2 Å². The van der Waals surface area contributed by atoms with Crippen LogP contribution in [0, 0.1) is 0 Å². The van der Waals surface area contributed by atoms with Crippen molar-refractivity contribution in [2.75, 3.05) is 32.2 Å². The van der Waals surface area contributed by atoms with Crippen molar-refractivity contribution in [2.45, 2.75) is 13.1 Å². The molecule has 0 radical (unpaired) electrons. The molecule has 1 N–H and O–H groups in total. The highest BCUT2D eigenvalue weighted by Gasteiger charge is 2.03. The molecule has 0 amide bonds. The van der Waals surface area contributed by atoms with Crippen LogP contribution in [0.2, 0.25) is 0 Å². The van der Waals surface area contributed by atoms with Crippen LogP contribution in [0.15, 0.2) is 35.2 Å². The molecular formula is C15H21N3OS. The first-order chi connectivity index (χ1) is 9.79. The van der Waals surface area contributed by atoms with Crippen LogP contribution in [0.5, 0.6) is 0 Å². The van der Waals surface area contributed by atoms with Gasteiger partial charge in [0, 0.05) is 38.3 Å². The molecule has 0 unspecified atom stereocenters. The number of nitrogens with zero attached hydrogens (tertiary/aromatic N) is 2. The number of methoxy groups -OCH3 is 1. The van der Waals surface area contributed by atoms with Crippen molar-refractivity contribution in [1.29, 1.82) is 0 Å². The minimum absolute atomic E-state index is 0.745.